The summed E-state index contributed by atoms with van der Waals surface area (Å²) in [5.41, 5.74) is 3.79. The zero-order valence-corrected chi connectivity index (χ0v) is 15.3. The molecule has 0 saturated heterocycles. The number of hydrazone groups is 1. The van der Waals surface area contributed by atoms with Crippen LogP contribution in [0, 0.1) is 5.82 Å². The molecule has 3 aromatic carbocycles. The highest BCUT2D eigenvalue weighted by molar-refractivity contribution is 6.34. The van der Waals surface area contributed by atoms with Gasteiger partial charge in [-0.2, -0.15) is 5.10 Å². The fraction of sp³-hybridized carbons (Fsp3) is 0. The van der Waals surface area contributed by atoms with Crippen LogP contribution in [0.3, 0.4) is 0 Å². The van der Waals surface area contributed by atoms with Gasteiger partial charge in [-0.05, 0) is 42.5 Å². The minimum Gasteiger partial charge on any atom is -0.322 e. The van der Waals surface area contributed by atoms with Gasteiger partial charge in [-0.15, -0.1) is 0 Å². The molecule has 0 aromatic heterocycles. The molecule has 0 saturated carbocycles. The van der Waals surface area contributed by atoms with Crippen molar-refractivity contribution in [2.24, 2.45) is 5.10 Å². The largest absolute Gasteiger partial charge is 0.322 e. The number of benzene rings is 3. The van der Waals surface area contributed by atoms with Gasteiger partial charge >= 0.3 is 0 Å². The van der Waals surface area contributed by atoms with Crippen LogP contribution in [0.4, 0.5) is 10.1 Å². The van der Waals surface area contributed by atoms with Gasteiger partial charge in [0.25, 0.3) is 11.8 Å². The molecule has 0 aliphatic rings. The van der Waals surface area contributed by atoms with Crippen LogP contribution in [0.25, 0.3) is 0 Å². The van der Waals surface area contributed by atoms with Crippen LogP contribution in [-0.2, 0) is 0 Å². The van der Waals surface area contributed by atoms with Crippen molar-refractivity contribution >= 4 is 35.3 Å². The van der Waals surface area contributed by atoms with Gasteiger partial charge < -0.3 is 5.32 Å². The summed E-state index contributed by atoms with van der Waals surface area (Å²) < 4.78 is 13.5. The Morgan fingerprint density at radius 1 is 0.893 bits per heavy atom. The minimum absolute atomic E-state index is 0.264. The summed E-state index contributed by atoms with van der Waals surface area (Å²) in [6, 6.07) is 19.0. The maximum Gasteiger partial charge on any atom is 0.271 e. The summed E-state index contributed by atoms with van der Waals surface area (Å²) in [7, 11) is 0. The second-order valence-electron chi connectivity index (χ2n) is 5.73. The lowest BCUT2D eigenvalue weighted by molar-refractivity contribution is 0.0954. The van der Waals surface area contributed by atoms with Crippen LogP contribution >= 0.6 is 11.6 Å². The molecular weight excluding hydrogens is 381 g/mol. The van der Waals surface area contributed by atoms with Crippen molar-refractivity contribution in [2.45, 2.75) is 0 Å². The Hall–Kier alpha value is -3.51. The van der Waals surface area contributed by atoms with E-state index in [1.54, 1.807) is 54.6 Å². The molecule has 0 bridgehead atoms. The molecule has 0 atom stereocenters. The van der Waals surface area contributed by atoms with E-state index in [2.05, 4.69) is 15.8 Å². The number of anilines is 1. The van der Waals surface area contributed by atoms with E-state index in [0.717, 1.165) is 0 Å². The standard InChI is InChI=1S/C21H15ClFN3O2/c22-18-7-3-2-6-17(18)21(28)25-16-11-9-14(10-12-16)20(27)26-24-13-15-5-1-4-8-19(15)23/h1-13H,(H,25,28)(H,26,27)/b24-13-. The molecule has 0 spiro atoms. The highest BCUT2D eigenvalue weighted by atomic mass is 35.5. The zero-order chi connectivity index (χ0) is 19.9. The topological polar surface area (TPSA) is 70.6 Å². The van der Waals surface area contributed by atoms with E-state index in [1.165, 1.54) is 24.4 Å². The molecule has 0 radical (unpaired) electrons. The lowest BCUT2D eigenvalue weighted by Gasteiger charge is -2.07. The number of carbonyl (C=O) groups is 2. The molecule has 0 aliphatic heterocycles. The summed E-state index contributed by atoms with van der Waals surface area (Å²) in [5, 5.41) is 6.81. The Balaban J connectivity index is 1.61. The summed E-state index contributed by atoms with van der Waals surface area (Å²) in [4.78, 5) is 24.3. The average Bonchev–Trinajstić information content (AvgIpc) is 2.70. The van der Waals surface area contributed by atoms with Gasteiger partial charge in [0.1, 0.15) is 5.82 Å². The normalized spacial score (nSPS) is 10.6. The Bertz CT molecular complexity index is 1040. The third-order valence-electron chi connectivity index (χ3n) is 3.80. The van der Waals surface area contributed by atoms with Crippen molar-refractivity contribution in [1.29, 1.82) is 0 Å². The van der Waals surface area contributed by atoms with Crippen molar-refractivity contribution in [3.8, 4) is 0 Å². The van der Waals surface area contributed by atoms with Crippen LogP contribution in [-0.4, -0.2) is 18.0 Å². The molecule has 7 heteroatoms. The molecule has 2 amide bonds. The van der Waals surface area contributed by atoms with Crippen molar-refractivity contribution in [3.05, 3.63) is 100 Å². The SMILES string of the molecule is O=C(N/N=C\c1ccccc1F)c1ccc(NC(=O)c2ccccc2Cl)cc1. The molecule has 3 rings (SSSR count). The Kier molecular flexibility index (Phi) is 6.14. The first kappa shape index (κ1) is 19.3. The van der Waals surface area contributed by atoms with E-state index in [-0.39, 0.29) is 11.5 Å². The van der Waals surface area contributed by atoms with Crippen LogP contribution in [0.2, 0.25) is 5.02 Å². The first-order valence-corrected chi connectivity index (χ1v) is 8.66. The van der Waals surface area contributed by atoms with Gasteiger partial charge in [0.2, 0.25) is 0 Å². The number of amides is 2. The third-order valence-corrected chi connectivity index (χ3v) is 4.13. The predicted octanol–water partition coefficient (Wildman–Crippen LogP) is 4.50. The molecule has 28 heavy (non-hydrogen) atoms. The van der Waals surface area contributed by atoms with Gasteiger partial charge in [0.15, 0.2) is 0 Å². The monoisotopic (exact) mass is 395 g/mol. The zero-order valence-electron chi connectivity index (χ0n) is 14.5. The van der Waals surface area contributed by atoms with E-state index in [4.69, 9.17) is 11.6 Å². The quantitative estimate of drug-likeness (QED) is 0.493. The number of rotatable bonds is 5. The first-order valence-electron chi connectivity index (χ1n) is 8.28. The van der Waals surface area contributed by atoms with Crippen LogP contribution in [0.15, 0.2) is 77.9 Å². The number of halogens is 2. The number of hydrogen-bond donors (Lipinski definition) is 2. The van der Waals surface area contributed by atoms with Crippen molar-refractivity contribution in [1.82, 2.24) is 5.43 Å². The lowest BCUT2D eigenvalue weighted by Crippen LogP contribution is -2.18. The van der Waals surface area contributed by atoms with E-state index >= 15 is 0 Å². The van der Waals surface area contributed by atoms with Gasteiger partial charge in [-0.1, -0.05) is 41.9 Å². The van der Waals surface area contributed by atoms with Gasteiger partial charge in [0.05, 0.1) is 16.8 Å². The highest BCUT2D eigenvalue weighted by Crippen LogP contribution is 2.17. The predicted molar refractivity (Wildman–Crippen MR) is 107 cm³/mol. The smallest absolute Gasteiger partial charge is 0.271 e. The molecule has 0 fully saturated rings. The van der Waals surface area contributed by atoms with E-state index in [9.17, 15) is 14.0 Å². The fourth-order valence-corrected chi connectivity index (χ4v) is 2.58. The minimum atomic E-state index is -0.462. The van der Waals surface area contributed by atoms with Crippen LogP contribution < -0.4 is 10.7 Å². The van der Waals surface area contributed by atoms with Crippen molar-refractivity contribution < 1.29 is 14.0 Å². The lowest BCUT2D eigenvalue weighted by atomic mass is 10.1. The summed E-state index contributed by atoms with van der Waals surface area (Å²) in [6.07, 6.45) is 1.23. The van der Waals surface area contributed by atoms with E-state index in [0.29, 0.717) is 21.8 Å². The fourth-order valence-electron chi connectivity index (χ4n) is 2.35. The van der Waals surface area contributed by atoms with Crippen LogP contribution in [0.1, 0.15) is 26.3 Å². The molecule has 140 valence electrons. The molecule has 2 N–H and O–H groups in total. The molecule has 0 heterocycles. The number of carbonyl (C=O) groups excluding carboxylic acids is 2. The molecular formula is C21H15ClFN3O2. The maximum atomic E-state index is 13.5. The summed E-state index contributed by atoms with van der Waals surface area (Å²) >= 11 is 6.00. The van der Waals surface area contributed by atoms with E-state index < -0.39 is 11.7 Å². The van der Waals surface area contributed by atoms with Gasteiger partial charge in [-0.3, -0.25) is 9.59 Å². The van der Waals surface area contributed by atoms with Gasteiger partial charge in [0, 0.05) is 16.8 Å². The third kappa shape index (κ3) is 4.81. The number of hydrogen-bond acceptors (Lipinski definition) is 3. The first-order chi connectivity index (χ1) is 13.5. The molecule has 5 nitrogen and oxygen atoms in total. The number of nitrogens with one attached hydrogen (secondary N) is 2. The second kappa shape index (κ2) is 8.92. The van der Waals surface area contributed by atoms with Crippen molar-refractivity contribution in [3.63, 3.8) is 0 Å². The average molecular weight is 396 g/mol. The number of nitrogens with zero attached hydrogens (tertiary/aromatic N) is 1. The van der Waals surface area contributed by atoms with Gasteiger partial charge in [-0.25, -0.2) is 9.82 Å². The highest BCUT2D eigenvalue weighted by Gasteiger charge is 2.10. The maximum absolute atomic E-state index is 13.5. The Morgan fingerprint density at radius 3 is 2.29 bits per heavy atom. The molecule has 3 aromatic rings. The van der Waals surface area contributed by atoms with E-state index in [1.807, 2.05) is 0 Å². The molecule has 0 unspecified atom stereocenters. The summed E-state index contributed by atoms with van der Waals surface area (Å²) in [6.45, 7) is 0. The second-order valence-corrected chi connectivity index (χ2v) is 6.14. The summed E-state index contributed by atoms with van der Waals surface area (Å²) in [5.74, 6) is -1.24. The van der Waals surface area contributed by atoms with Crippen LogP contribution in [0.5, 0.6) is 0 Å². The molecule has 0 aliphatic carbocycles. The Labute approximate surface area is 165 Å². The van der Waals surface area contributed by atoms with Crippen molar-refractivity contribution in [2.75, 3.05) is 5.32 Å². The Morgan fingerprint density at radius 2 is 1.57 bits per heavy atom.